The Bertz CT molecular complexity index is 638. The van der Waals surface area contributed by atoms with E-state index in [4.69, 9.17) is 4.74 Å². The van der Waals surface area contributed by atoms with Crippen LogP contribution in [-0.2, 0) is 4.74 Å². The molecule has 0 spiro atoms. The van der Waals surface area contributed by atoms with Gasteiger partial charge in [0.1, 0.15) is 5.82 Å². The van der Waals surface area contributed by atoms with Gasteiger partial charge in [-0.2, -0.15) is 0 Å². The van der Waals surface area contributed by atoms with Crippen LogP contribution in [0.15, 0.2) is 40.9 Å². The third-order valence-corrected chi connectivity index (χ3v) is 5.03. The third-order valence-electron chi connectivity index (χ3n) is 5.03. The van der Waals surface area contributed by atoms with Crippen molar-refractivity contribution in [1.29, 1.82) is 0 Å². The molecule has 0 saturated carbocycles. The van der Waals surface area contributed by atoms with Crippen LogP contribution >= 0.6 is 0 Å². The molecular weight excluding hydrogens is 331 g/mol. The number of halogens is 1. The highest BCUT2D eigenvalue weighted by Crippen LogP contribution is 2.20. The van der Waals surface area contributed by atoms with Gasteiger partial charge in [0.2, 0.25) is 0 Å². The number of aliphatic imine (C=N–C) groups is 1. The Labute approximate surface area is 155 Å². The van der Waals surface area contributed by atoms with Crippen molar-refractivity contribution in [3.63, 3.8) is 0 Å². The maximum absolute atomic E-state index is 13.4. The van der Waals surface area contributed by atoms with Crippen LogP contribution in [0.1, 0.15) is 25.7 Å². The summed E-state index contributed by atoms with van der Waals surface area (Å²) in [5.41, 5.74) is 2.43. The van der Waals surface area contributed by atoms with E-state index in [1.54, 1.807) is 12.1 Å². The van der Waals surface area contributed by atoms with Crippen molar-refractivity contribution in [3.05, 3.63) is 41.7 Å². The fourth-order valence-electron chi connectivity index (χ4n) is 3.48. The third kappa shape index (κ3) is 5.46. The molecule has 1 aromatic rings. The number of hydrogen-bond donors (Lipinski definition) is 2. The average molecular weight is 360 g/mol. The Morgan fingerprint density at radius 3 is 2.88 bits per heavy atom. The number of nitrogens with zero attached hydrogens (tertiary/aromatic N) is 2. The first-order chi connectivity index (χ1) is 12.7. The fraction of sp³-hybridized carbons (Fsp3) is 0.550. The van der Waals surface area contributed by atoms with E-state index in [9.17, 15) is 4.39 Å². The molecule has 2 aliphatic heterocycles. The molecule has 0 unspecified atom stereocenters. The minimum Gasteiger partial charge on any atom is -0.377 e. The van der Waals surface area contributed by atoms with Crippen molar-refractivity contribution in [3.8, 4) is 0 Å². The van der Waals surface area contributed by atoms with Gasteiger partial charge < -0.3 is 20.3 Å². The van der Waals surface area contributed by atoms with Crippen LogP contribution in [0.25, 0.3) is 0 Å². The van der Waals surface area contributed by atoms with Crippen molar-refractivity contribution in [1.82, 2.24) is 10.6 Å². The summed E-state index contributed by atoms with van der Waals surface area (Å²) in [5.74, 6) is 0.689. The second-order valence-corrected chi connectivity index (χ2v) is 6.82. The molecule has 1 aromatic carbocycles. The molecule has 0 aromatic heterocycles. The van der Waals surface area contributed by atoms with Gasteiger partial charge in [0.15, 0.2) is 5.96 Å². The van der Waals surface area contributed by atoms with Crippen molar-refractivity contribution in [2.24, 2.45) is 4.99 Å². The zero-order valence-corrected chi connectivity index (χ0v) is 15.5. The maximum atomic E-state index is 13.4. The standard InChI is InChI=1S/C20H29FN4O/c1-22-20(23-10-5-16-8-13-26-14-9-16)24-18-6-11-25(12-7-18)19-4-2-3-17(21)15-19/h2-4,8,15,18H,5-7,9-14H2,1H3,(H2,22,23,24). The quantitative estimate of drug-likeness (QED) is 0.482. The zero-order chi connectivity index (χ0) is 18.2. The number of ether oxygens (including phenoxy) is 1. The number of benzene rings is 1. The van der Waals surface area contributed by atoms with Gasteiger partial charge in [0.05, 0.1) is 13.2 Å². The smallest absolute Gasteiger partial charge is 0.191 e. The fourth-order valence-corrected chi connectivity index (χ4v) is 3.48. The first-order valence-electron chi connectivity index (χ1n) is 9.48. The van der Waals surface area contributed by atoms with Crippen LogP contribution in [-0.4, -0.2) is 51.9 Å². The van der Waals surface area contributed by atoms with E-state index in [0.29, 0.717) is 6.04 Å². The highest BCUT2D eigenvalue weighted by Gasteiger charge is 2.20. The zero-order valence-electron chi connectivity index (χ0n) is 15.5. The van der Waals surface area contributed by atoms with Gasteiger partial charge in [0.25, 0.3) is 0 Å². The van der Waals surface area contributed by atoms with Crippen molar-refractivity contribution < 1.29 is 9.13 Å². The van der Waals surface area contributed by atoms with Gasteiger partial charge in [0, 0.05) is 38.4 Å². The van der Waals surface area contributed by atoms with Crippen LogP contribution in [0.3, 0.4) is 0 Å². The number of guanidine groups is 1. The van der Waals surface area contributed by atoms with Crippen LogP contribution in [0, 0.1) is 5.82 Å². The van der Waals surface area contributed by atoms with E-state index in [0.717, 1.165) is 70.2 Å². The molecule has 0 bridgehead atoms. The predicted molar refractivity (Wildman–Crippen MR) is 104 cm³/mol. The van der Waals surface area contributed by atoms with Gasteiger partial charge in [-0.1, -0.05) is 17.7 Å². The van der Waals surface area contributed by atoms with Crippen LogP contribution in [0.2, 0.25) is 0 Å². The minimum atomic E-state index is -0.174. The molecule has 3 rings (SSSR count). The van der Waals surface area contributed by atoms with E-state index in [2.05, 4.69) is 26.6 Å². The van der Waals surface area contributed by atoms with Gasteiger partial charge in [-0.25, -0.2) is 4.39 Å². The summed E-state index contributed by atoms with van der Waals surface area (Å²) >= 11 is 0. The van der Waals surface area contributed by atoms with Crippen molar-refractivity contribution in [2.45, 2.75) is 31.7 Å². The van der Waals surface area contributed by atoms with Crippen LogP contribution < -0.4 is 15.5 Å². The monoisotopic (exact) mass is 360 g/mol. The molecule has 1 fully saturated rings. The molecule has 0 aliphatic carbocycles. The molecule has 26 heavy (non-hydrogen) atoms. The van der Waals surface area contributed by atoms with Crippen molar-refractivity contribution >= 4 is 11.6 Å². The lowest BCUT2D eigenvalue weighted by Crippen LogP contribution is -2.49. The molecule has 6 heteroatoms. The molecule has 5 nitrogen and oxygen atoms in total. The molecule has 2 heterocycles. The van der Waals surface area contributed by atoms with E-state index in [1.807, 2.05) is 13.1 Å². The Balaban J connectivity index is 1.40. The lowest BCUT2D eigenvalue weighted by atomic mass is 10.0. The maximum Gasteiger partial charge on any atom is 0.191 e. The summed E-state index contributed by atoms with van der Waals surface area (Å²) in [5, 5.41) is 6.93. The number of hydrogen-bond acceptors (Lipinski definition) is 3. The van der Waals surface area contributed by atoms with Gasteiger partial charge in [-0.15, -0.1) is 0 Å². The van der Waals surface area contributed by atoms with Crippen molar-refractivity contribution in [2.75, 3.05) is 44.8 Å². The Kier molecular flexibility index (Phi) is 6.89. The Hall–Kier alpha value is -2.08. The van der Waals surface area contributed by atoms with Gasteiger partial charge >= 0.3 is 0 Å². The molecule has 142 valence electrons. The Morgan fingerprint density at radius 2 is 2.19 bits per heavy atom. The predicted octanol–water partition coefficient (Wildman–Crippen LogP) is 2.70. The van der Waals surface area contributed by atoms with Crippen LogP contribution in [0.5, 0.6) is 0 Å². The molecule has 2 aliphatic rings. The van der Waals surface area contributed by atoms with Crippen LogP contribution in [0.4, 0.5) is 10.1 Å². The summed E-state index contributed by atoms with van der Waals surface area (Å²) in [7, 11) is 1.81. The average Bonchev–Trinajstić information content (AvgIpc) is 2.68. The van der Waals surface area contributed by atoms with E-state index in [-0.39, 0.29) is 5.82 Å². The molecule has 1 saturated heterocycles. The lowest BCUT2D eigenvalue weighted by molar-refractivity contribution is 0.153. The van der Waals surface area contributed by atoms with Gasteiger partial charge in [-0.3, -0.25) is 4.99 Å². The van der Waals surface area contributed by atoms with E-state index < -0.39 is 0 Å². The number of piperidine rings is 1. The summed E-state index contributed by atoms with van der Waals surface area (Å²) in [6, 6.07) is 7.24. The summed E-state index contributed by atoms with van der Waals surface area (Å²) in [4.78, 5) is 6.59. The summed E-state index contributed by atoms with van der Waals surface area (Å²) < 4.78 is 18.7. The molecule has 0 amide bonds. The minimum absolute atomic E-state index is 0.174. The molecule has 2 N–H and O–H groups in total. The van der Waals surface area contributed by atoms with E-state index in [1.165, 1.54) is 11.6 Å². The normalized spacial score (nSPS) is 19.2. The molecule has 0 atom stereocenters. The lowest BCUT2D eigenvalue weighted by Gasteiger charge is -2.34. The summed E-state index contributed by atoms with van der Waals surface area (Å²) in [6.45, 7) is 4.30. The number of rotatable bonds is 5. The second-order valence-electron chi connectivity index (χ2n) is 6.82. The Morgan fingerprint density at radius 1 is 1.35 bits per heavy atom. The second kappa shape index (κ2) is 9.57. The first-order valence-corrected chi connectivity index (χ1v) is 9.48. The summed E-state index contributed by atoms with van der Waals surface area (Å²) in [6.07, 6.45) is 6.28. The first kappa shape index (κ1) is 18.7. The highest BCUT2D eigenvalue weighted by atomic mass is 19.1. The molecule has 0 radical (unpaired) electrons. The topological polar surface area (TPSA) is 48.9 Å². The van der Waals surface area contributed by atoms with E-state index >= 15 is 0 Å². The highest BCUT2D eigenvalue weighted by molar-refractivity contribution is 5.80. The largest absolute Gasteiger partial charge is 0.377 e. The number of nitrogens with one attached hydrogen (secondary N) is 2. The van der Waals surface area contributed by atoms with Gasteiger partial charge in [-0.05, 0) is 43.9 Å². The SMILES string of the molecule is CN=C(NCCC1=CCOCC1)NC1CCN(c2cccc(F)c2)CC1. The number of anilines is 1. The molecular formula is C20H29FN4O.